The van der Waals surface area contributed by atoms with Crippen molar-refractivity contribution in [3.63, 3.8) is 0 Å². The first-order chi connectivity index (χ1) is 12.3. The summed E-state index contributed by atoms with van der Waals surface area (Å²) in [5.74, 6) is -5.73. The molecule has 3 rings (SSSR count). The zero-order chi connectivity index (χ0) is 18.8. The average molecular weight is 363 g/mol. The molecule has 136 valence electrons. The molecule has 1 aliphatic carbocycles. The molecule has 7 heteroatoms. The molecule has 1 amide bonds. The highest BCUT2D eigenvalue weighted by Crippen LogP contribution is 2.27. The summed E-state index contributed by atoms with van der Waals surface area (Å²) in [4.78, 5) is 23.2. The number of aliphatic carboxylic acids is 1. The summed E-state index contributed by atoms with van der Waals surface area (Å²) >= 11 is 0. The van der Waals surface area contributed by atoms with Crippen LogP contribution in [0.25, 0.3) is 11.1 Å². The molecule has 2 aromatic carbocycles. The summed E-state index contributed by atoms with van der Waals surface area (Å²) < 4.78 is 39.7. The van der Waals surface area contributed by atoms with Crippen LogP contribution in [0.1, 0.15) is 29.6 Å². The van der Waals surface area contributed by atoms with Crippen LogP contribution in [0.2, 0.25) is 0 Å². The van der Waals surface area contributed by atoms with Gasteiger partial charge in [0.1, 0.15) is 0 Å². The molecular weight excluding hydrogens is 347 g/mol. The predicted molar refractivity (Wildman–Crippen MR) is 88.0 cm³/mol. The highest BCUT2D eigenvalue weighted by atomic mass is 19.2. The summed E-state index contributed by atoms with van der Waals surface area (Å²) in [5.41, 5.74) is 0.940. The van der Waals surface area contributed by atoms with Crippen LogP contribution in [0.4, 0.5) is 13.2 Å². The van der Waals surface area contributed by atoms with Crippen LogP contribution >= 0.6 is 0 Å². The first-order valence-electron chi connectivity index (χ1n) is 8.14. The SMILES string of the molecule is O=C(N[C@@H]1CC[C@H](C(=O)O)C1)c1ccc(-c2cc(F)c(F)c(F)c2)cc1. The molecule has 0 saturated heterocycles. The number of benzene rings is 2. The van der Waals surface area contributed by atoms with E-state index in [1.807, 2.05) is 0 Å². The topological polar surface area (TPSA) is 66.4 Å². The summed E-state index contributed by atoms with van der Waals surface area (Å²) in [7, 11) is 0. The van der Waals surface area contributed by atoms with E-state index in [0.29, 0.717) is 30.4 Å². The lowest BCUT2D eigenvalue weighted by Gasteiger charge is -2.13. The Hall–Kier alpha value is -2.83. The van der Waals surface area contributed by atoms with Crippen molar-refractivity contribution in [2.75, 3.05) is 0 Å². The standard InChI is InChI=1S/C19H16F3NO3/c20-15-8-13(9-16(21)17(15)22)10-1-3-11(4-2-10)18(24)23-14-6-5-12(7-14)19(25)26/h1-4,8-9,12,14H,5-7H2,(H,23,24)(H,25,26)/t12-,14+/m0/s1. The van der Waals surface area contributed by atoms with Gasteiger partial charge in [-0.2, -0.15) is 0 Å². The molecule has 4 nitrogen and oxygen atoms in total. The fourth-order valence-corrected chi connectivity index (χ4v) is 3.14. The third-order valence-electron chi connectivity index (χ3n) is 4.58. The van der Waals surface area contributed by atoms with E-state index in [4.69, 9.17) is 5.11 Å². The first-order valence-corrected chi connectivity index (χ1v) is 8.14. The molecule has 2 atom stereocenters. The number of carboxylic acids is 1. The second kappa shape index (κ2) is 7.19. The minimum Gasteiger partial charge on any atom is -0.481 e. The number of halogens is 3. The third kappa shape index (κ3) is 3.71. The highest BCUT2D eigenvalue weighted by molar-refractivity contribution is 5.95. The Balaban J connectivity index is 1.70. The Morgan fingerprint density at radius 3 is 2.12 bits per heavy atom. The minimum absolute atomic E-state index is 0.161. The molecule has 0 aliphatic heterocycles. The molecule has 0 heterocycles. The number of carbonyl (C=O) groups excluding carboxylic acids is 1. The molecule has 0 bridgehead atoms. The number of hydrogen-bond donors (Lipinski definition) is 2. The van der Waals surface area contributed by atoms with Gasteiger partial charge in [0.05, 0.1) is 5.92 Å². The Bertz CT molecular complexity index is 829. The van der Waals surface area contributed by atoms with Crippen molar-refractivity contribution in [3.8, 4) is 11.1 Å². The molecule has 0 spiro atoms. The van der Waals surface area contributed by atoms with E-state index >= 15 is 0 Å². The third-order valence-corrected chi connectivity index (χ3v) is 4.58. The van der Waals surface area contributed by atoms with Gasteiger partial charge < -0.3 is 10.4 Å². The lowest BCUT2D eigenvalue weighted by atomic mass is 10.0. The molecule has 1 aliphatic rings. The lowest BCUT2D eigenvalue weighted by Crippen LogP contribution is -2.33. The Morgan fingerprint density at radius 1 is 0.962 bits per heavy atom. The summed E-state index contributed by atoms with van der Waals surface area (Å²) in [6.45, 7) is 0. The van der Waals surface area contributed by atoms with Crippen molar-refractivity contribution >= 4 is 11.9 Å². The number of amides is 1. The molecule has 2 aromatic rings. The van der Waals surface area contributed by atoms with Crippen LogP contribution in [0.15, 0.2) is 36.4 Å². The molecule has 0 radical (unpaired) electrons. The quantitative estimate of drug-likeness (QED) is 0.813. The van der Waals surface area contributed by atoms with Gasteiger partial charge in [-0.3, -0.25) is 9.59 Å². The molecule has 0 unspecified atom stereocenters. The van der Waals surface area contributed by atoms with Crippen LogP contribution in [-0.4, -0.2) is 23.0 Å². The number of carbonyl (C=O) groups is 2. The maximum absolute atomic E-state index is 13.3. The number of rotatable bonds is 4. The Morgan fingerprint density at radius 2 is 1.58 bits per heavy atom. The van der Waals surface area contributed by atoms with E-state index in [2.05, 4.69) is 5.32 Å². The van der Waals surface area contributed by atoms with E-state index in [0.717, 1.165) is 12.1 Å². The van der Waals surface area contributed by atoms with Gasteiger partial charge in [0.25, 0.3) is 5.91 Å². The molecule has 0 aromatic heterocycles. The highest BCUT2D eigenvalue weighted by Gasteiger charge is 2.30. The van der Waals surface area contributed by atoms with Gasteiger partial charge in [0.15, 0.2) is 17.5 Å². The van der Waals surface area contributed by atoms with Gasteiger partial charge in [-0.1, -0.05) is 12.1 Å². The average Bonchev–Trinajstić information content (AvgIpc) is 3.08. The maximum Gasteiger partial charge on any atom is 0.306 e. The van der Waals surface area contributed by atoms with Gasteiger partial charge in [-0.05, 0) is 54.7 Å². The van der Waals surface area contributed by atoms with Crippen LogP contribution in [-0.2, 0) is 4.79 Å². The van der Waals surface area contributed by atoms with Crippen LogP contribution < -0.4 is 5.32 Å². The Labute approximate surface area is 147 Å². The van der Waals surface area contributed by atoms with E-state index in [-0.39, 0.29) is 17.5 Å². The van der Waals surface area contributed by atoms with Crippen LogP contribution in [0, 0.1) is 23.4 Å². The van der Waals surface area contributed by atoms with Crippen molar-refractivity contribution in [3.05, 3.63) is 59.4 Å². The molecule has 1 fully saturated rings. The molecule has 1 saturated carbocycles. The fraction of sp³-hybridized carbons (Fsp3) is 0.263. The van der Waals surface area contributed by atoms with E-state index in [1.54, 1.807) is 0 Å². The largest absolute Gasteiger partial charge is 0.481 e. The maximum atomic E-state index is 13.3. The Kier molecular flexibility index (Phi) is 4.97. The van der Waals surface area contributed by atoms with Gasteiger partial charge in [0, 0.05) is 11.6 Å². The monoisotopic (exact) mass is 363 g/mol. The van der Waals surface area contributed by atoms with E-state index in [9.17, 15) is 22.8 Å². The van der Waals surface area contributed by atoms with Crippen molar-refractivity contribution in [2.24, 2.45) is 5.92 Å². The van der Waals surface area contributed by atoms with Gasteiger partial charge >= 0.3 is 5.97 Å². The number of hydrogen-bond acceptors (Lipinski definition) is 2. The second-order valence-electron chi connectivity index (χ2n) is 6.35. The van der Waals surface area contributed by atoms with Gasteiger partial charge in [-0.25, -0.2) is 13.2 Å². The number of carboxylic acid groups (broad SMARTS) is 1. The molecular formula is C19H16F3NO3. The first kappa shape index (κ1) is 18.0. The summed E-state index contributed by atoms with van der Waals surface area (Å²) in [5, 5.41) is 11.8. The minimum atomic E-state index is -1.53. The zero-order valence-electron chi connectivity index (χ0n) is 13.6. The lowest BCUT2D eigenvalue weighted by molar-refractivity contribution is -0.141. The summed E-state index contributed by atoms with van der Waals surface area (Å²) in [6, 6.07) is 7.59. The van der Waals surface area contributed by atoms with Crippen LogP contribution in [0.3, 0.4) is 0 Å². The van der Waals surface area contributed by atoms with Gasteiger partial charge in [-0.15, -0.1) is 0 Å². The zero-order valence-corrected chi connectivity index (χ0v) is 13.6. The van der Waals surface area contributed by atoms with Crippen molar-refractivity contribution in [1.82, 2.24) is 5.32 Å². The molecule has 2 N–H and O–H groups in total. The van der Waals surface area contributed by atoms with Crippen molar-refractivity contribution in [1.29, 1.82) is 0 Å². The van der Waals surface area contributed by atoms with E-state index in [1.165, 1.54) is 24.3 Å². The summed E-state index contributed by atoms with van der Waals surface area (Å²) in [6.07, 6.45) is 1.53. The predicted octanol–water partition coefficient (Wildman–Crippen LogP) is 3.75. The smallest absolute Gasteiger partial charge is 0.306 e. The van der Waals surface area contributed by atoms with E-state index < -0.39 is 29.3 Å². The van der Waals surface area contributed by atoms with Crippen molar-refractivity contribution in [2.45, 2.75) is 25.3 Å². The van der Waals surface area contributed by atoms with Crippen LogP contribution in [0.5, 0.6) is 0 Å². The normalized spacial score (nSPS) is 19.3. The number of nitrogens with one attached hydrogen (secondary N) is 1. The van der Waals surface area contributed by atoms with Crippen molar-refractivity contribution < 1.29 is 27.9 Å². The second-order valence-corrected chi connectivity index (χ2v) is 6.35. The fourth-order valence-electron chi connectivity index (χ4n) is 3.14. The molecule has 26 heavy (non-hydrogen) atoms. The van der Waals surface area contributed by atoms with Gasteiger partial charge in [0.2, 0.25) is 0 Å².